The first-order valence-corrected chi connectivity index (χ1v) is 5.75. The Labute approximate surface area is 95.5 Å². The third kappa shape index (κ3) is 1.95. The van der Waals surface area contributed by atoms with E-state index in [1.807, 2.05) is 25.1 Å². The first kappa shape index (κ1) is 11.1. The lowest BCUT2D eigenvalue weighted by molar-refractivity contribution is -0.124. The normalized spacial score (nSPS) is 19.5. The van der Waals surface area contributed by atoms with Crippen molar-refractivity contribution >= 4 is 5.91 Å². The molecule has 0 heterocycles. The first-order valence-electron chi connectivity index (χ1n) is 5.75. The Morgan fingerprint density at radius 2 is 2.31 bits per heavy atom. The van der Waals surface area contributed by atoms with Gasteiger partial charge in [-0.2, -0.15) is 0 Å². The molecule has 0 saturated carbocycles. The molecule has 0 aliphatic heterocycles. The van der Waals surface area contributed by atoms with Gasteiger partial charge in [-0.1, -0.05) is 31.2 Å². The van der Waals surface area contributed by atoms with Crippen molar-refractivity contribution in [3.63, 3.8) is 0 Å². The molecule has 0 aromatic heterocycles. The van der Waals surface area contributed by atoms with Gasteiger partial charge in [0.15, 0.2) is 0 Å². The Hall–Kier alpha value is -1.35. The summed E-state index contributed by atoms with van der Waals surface area (Å²) in [5.74, 6) is 0.0244. The predicted molar refractivity (Wildman–Crippen MR) is 62.2 cm³/mol. The van der Waals surface area contributed by atoms with Crippen LogP contribution in [0.1, 0.15) is 30.4 Å². The maximum absolute atomic E-state index is 11.9. The zero-order chi connectivity index (χ0) is 11.5. The van der Waals surface area contributed by atoms with Gasteiger partial charge in [-0.15, -0.1) is 0 Å². The van der Waals surface area contributed by atoms with Crippen molar-refractivity contribution in [2.24, 2.45) is 0 Å². The second-order valence-electron chi connectivity index (χ2n) is 4.25. The van der Waals surface area contributed by atoms with Crippen molar-refractivity contribution in [2.45, 2.75) is 31.7 Å². The smallest absolute Gasteiger partial charge is 0.228 e. The summed E-state index contributed by atoms with van der Waals surface area (Å²) in [5, 5.41) is 11.9. The molecule has 16 heavy (non-hydrogen) atoms. The molecule has 0 spiro atoms. The van der Waals surface area contributed by atoms with Crippen LogP contribution >= 0.6 is 0 Å². The predicted octanol–water partition coefficient (Wildman–Crippen LogP) is 1.21. The quantitative estimate of drug-likeness (QED) is 0.799. The molecule has 0 bridgehead atoms. The maximum atomic E-state index is 11.9. The summed E-state index contributed by atoms with van der Waals surface area (Å²) in [4.78, 5) is 11.9. The zero-order valence-electron chi connectivity index (χ0n) is 9.44. The fourth-order valence-electron chi connectivity index (χ4n) is 2.07. The third-order valence-corrected chi connectivity index (χ3v) is 3.23. The lowest BCUT2D eigenvalue weighted by atomic mass is 9.77. The summed E-state index contributed by atoms with van der Waals surface area (Å²) in [7, 11) is 0. The highest BCUT2D eigenvalue weighted by molar-refractivity contribution is 5.87. The highest BCUT2D eigenvalue weighted by Crippen LogP contribution is 2.34. The van der Waals surface area contributed by atoms with E-state index in [1.54, 1.807) is 0 Å². The summed E-state index contributed by atoms with van der Waals surface area (Å²) in [6.07, 6.45) is 1.58. The van der Waals surface area contributed by atoms with Crippen LogP contribution in [0.25, 0.3) is 0 Å². The van der Waals surface area contributed by atoms with E-state index in [4.69, 9.17) is 5.11 Å². The van der Waals surface area contributed by atoms with E-state index in [1.165, 1.54) is 5.56 Å². The number of rotatable bonds is 4. The molecule has 1 aromatic carbocycles. The molecule has 1 aromatic rings. The average Bonchev–Trinajstić information content (AvgIpc) is 2.27. The molecule has 1 amide bonds. The number of hydrogen-bond donors (Lipinski definition) is 2. The molecule has 1 unspecified atom stereocenters. The minimum Gasteiger partial charge on any atom is -0.394 e. The van der Waals surface area contributed by atoms with Crippen molar-refractivity contribution in [1.82, 2.24) is 5.32 Å². The lowest BCUT2D eigenvalue weighted by Gasteiger charge is -2.30. The van der Waals surface area contributed by atoms with Crippen LogP contribution < -0.4 is 5.32 Å². The summed E-state index contributed by atoms with van der Waals surface area (Å²) in [5.41, 5.74) is 2.40. The van der Waals surface area contributed by atoms with E-state index >= 15 is 0 Å². The average molecular weight is 219 g/mol. The molecule has 3 nitrogen and oxygen atoms in total. The number of amides is 1. The highest BCUT2D eigenvalue weighted by atomic mass is 16.3. The number of nitrogens with one attached hydrogen (secondary N) is 1. The largest absolute Gasteiger partial charge is 0.394 e. The van der Waals surface area contributed by atoms with Crippen molar-refractivity contribution in [1.29, 1.82) is 0 Å². The summed E-state index contributed by atoms with van der Waals surface area (Å²) in [6.45, 7) is 1.96. The van der Waals surface area contributed by atoms with Gasteiger partial charge in [-0.05, 0) is 24.0 Å². The minimum absolute atomic E-state index is 0.0105. The van der Waals surface area contributed by atoms with Crippen LogP contribution in [0.5, 0.6) is 0 Å². The number of benzene rings is 1. The monoisotopic (exact) mass is 219 g/mol. The third-order valence-electron chi connectivity index (χ3n) is 3.23. The number of hydrogen-bond acceptors (Lipinski definition) is 2. The summed E-state index contributed by atoms with van der Waals surface area (Å²) < 4.78 is 0. The van der Waals surface area contributed by atoms with Crippen molar-refractivity contribution in [3.05, 3.63) is 35.4 Å². The van der Waals surface area contributed by atoms with E-state index in [0.717, 1.165) is 18.4 Å². The number of carbonyl (C=O) groups is 1. The van der Waals surface area contributed by atoms with Crippen LogP contribution in [0.15, 0.2) is 24.3 Å². The molecular formula is C13H17NO2. The van der Waals surface area contributed by atoms with E-state index in [9.17, 15) is 4.79 Å². The molecular weight excluding hydrogens is 202 g/mol. The molecule has 0 fully saturated rings. The Morgan fingerprint density at radius 1 is 1.56 bits per heavy atom. The van der Waals surface area contributed by atoms with Gasteiger partial charge in [0.05, 0.1) is 18.6 Å². The van der Waals surface area contributed by atoms with Crippen molar-refractivity contribution < 1.29 is 9.90 Å². The van der Waals surface area contributed by atoms with Gasteiger partial charge in [0, 0.05) is 0 Å². The fourth-order valence-corrected chi connectivity index (χ4v) is 2.07. The lowest BCUT2D eigenvalue weighted by Crippen LogP contribution is -2.42. The van der Waals surface area contributed by atoms with Gasteiger partial charge in [0.25, 0.3) is 0 Å². The van der Waals surface area contributed by atoms with Gasteiger partial charge in [-0.3, -0.25) is 4.79 Å². The van der Waals surface area contributed by atoms with Crippen LogP contribution in [0.3, 0.4) is 0 Å². The fraction of sp³-hybridized carbons (Fsp3) is 0.462. The topological polar surface area (TPSA) is 49.3 Å². The maximum Gasteiger partial charge on any atom is 0.228 e. The Morgan fingerprint density at radius 3 is 2.94 bits per heavy atom. The van der Waals surface area contributed by atoms with E-state index in [-0.39, 0.29) is 24.5 Å². The second-order valence-corrected chi connectivity index (χ2v) is 4.25. The van der Waals surface area contributed by atoms with Gasteiger partial charge >= 0.3 is 0 Å². The van der Waals surface area contributed by atoms with Gasteiger partial charge in [0.1, 0.15) is 0 Å². The molecule has 86 valence electrons. The molecule has 2 N–H and O–H groups in total. The molecule has 1 aliphatic carbocycles. The highest BCUT2D eigenvalue weighted by Gasteiger charge is 2.32. The van der Waals surface area contributed by atoms with Crippen LogP contribution in [0, 0.1) is 0 Å². The van der Waals surface area contributed by atoms with Crippen LogP contribution in [-0.2, 0) is 11.2 Å². The molecule has 0 radical (unpaired) electrons. The Bertz CT molecular complexity index is 385. The minimum atomic E-state index is -0.111. The van der Waals surface area contributed by atoms with E-state index in [2.05, 4.69) is 11.4 Å². The molecule has 1 aliphatic rings. The SMILES string of the molecule is CC[C@H](CO)NC(=O)C1Cc2ccccc21. The van der Waals surface area contributed by atoms with Crippen LogP contribution in [-0.4, -0.2) is 23.7 Å². The molecule has 0 saturated heterocycles. The molecule has 3 heteroatoms. The Balaban J connectivity index is 1.99. The first-order chi connectivity index (χ1) is 7.76. The summed E-state index contributed by atoms with van der Waals surface area (Å²) in [6, 6.07) is 7.91. The van der Waals surface area contributed by atoms with Crippen molar-refractivity contribution in [2.75, 3.05) is 6.61 Å². The van der Waals surface area contributed by atoms with Gasteiger partial charge in [-0.25, -0.2) is 0 Å². The molecule has 2 atom stereocenters. The zero-order valence-corrected chi connectivity index (χ0v) is 9.44. The molecule has 2 rings (SSSR count). The number of aliphatic hydroxyl groups excluding tert-OH is 1. The van der Waals surface area contributed by atoms with Gasteiger partial charge in [0.2, 0.25) is 5.91 Å². The van der Waals surface area contributed by atoms with E-state index < -0.39 is 0 Å². The van der Waals surface area contributed by atoms with Gasteiger partial charge < -0.3 is 10.4 Å². The number of aliphatic hydroxyl groups is 1. The Kier molecular flexibility index (Phi) is 3.25. The number of fused-ring (bicyclic) bond motifs is 1. The van der Waals surface area contributed by atoms with Crippen LogP contribution in [0.2, 0.25) is 0 Å². The summed E-state index contributed by atoms with van der Waals surface area (Å²) >= 11 is 0. The van der Waals surface area contributed by atoms with Crippen LogP contribution in [0.4, 0.5) is 0 Å². The second kappa shape index (κ2) is 4.66. The van der Waals surface area contributed by atoms with Crippen molar-refractivity contribution in [3.8, 4) is 0 Å². The van der Waals surface area contributed by atoms with E-state index in [0.29, 0.717) is 0 Å². The number of carbonyl (C=O) groups excluding carboxylic acids is 1. The standard InChI is InChI=1S/C13H17NO2/c1-2-10(8-15)14-13(16)12-7-9-5-3-4-6-11(9)12/h3-6,10,12,15H,2,7-8H2,1H3,(H,14,16)/t10-,12?/m1/s1.